The number of rotatable bonds is 2. The Kier molecular flexibility index (Phi) is 4.37. The van der Waals surface area contributed by atoms with E-state index < -0.39 is 11.7 Å². The summed E-state index contributed by atoms with van der Waals surface area (Å²) in [7, 11) is 0. The Morgan fingerprint density at radius 1 is 1.17 bits per heavy atom. The van der Waals surface area contributed by atoms with Crippen molar-refractivity contribution in [3.05, 3.63) is 18.0 Å². The van der Waals surface area contributed by atoms with Gasteiger partial charge >= 0.3 is 6.18 Å². The molecular weight excluding hydrogens is 323 g/mol. The number of nitrogens with zero attached hydrogens (tertiary/aromatic N) is 4. The number of halogens is 3. The van der Waals surface area contributed by atoms with Crippen LogP contribution in [0.3, 0.4) is 0 Å². The fourth-order valence-corrected chi connectivity index (χ4v) is 3.23. The molecule has 0 aliphatic carbocycles. The molecule has 1 N–H and O–H groups in total. The molecule has 9 heteroatoms. The third kappa shape index (κ3) is 3.17. The van der Waals surface area contributed by atoms with E-state index in [0.717, 1.165) is 12.4 Å². The first-order chi connectivity index (χ1) is 11.3. The zero-order chi connectivity index (χ0) is 17.5. The van der Waals surface area contributed by atoms with Crippen LogP contribution in [0.2, 0.25) is 0 Å². The smallest absolute Gasteiger partial charge is 0.337 e. The summed E-state index contributed by atoms with van der Waals surface area (Å²) < 4.78 is 37.8. The molecule has 1 aromatic heterocycles. The van der Waals surface area contributed by atoms with Crippen LogP contribution in [0, 0.1) is 5.92 Å². The average Bonchev–Trinajstić information content (AvgIpc) is 2.43. The van der Waals surface area contributed by atoms with Crippen molar-refractivity contribution in [1.82, 2.24) is 20.2 Å². The van der Waals surface area contributed by atoms with Crippen molar-refractivity contribution in [2.24, 2.45) is 5.92 Å². The van der Waals surface area contributed by atoms with Crippen molar-refractivity contribution in [2.45, 2.75) is 32.1 Å². The second-order valence-electron chi connectivity index (χ2n) is 6.47. The van der Waals surface area contributed by atoms with Gasteiger partial charge in [0, 0.05) is 50.7 Å². The molecule has 132 valence electrons. The number of aromatic nitrogens is 2. The molecule has 6 nitrogen and oxygen atoms in total. The first-order valence-electron chi connectivity index (χ1n) is 7.94. The largest absolute Gasteiger partial charge is 0.419 e. The zero-order valence-electron chi connectivity index (χ0n) is 13.5. The van der Waals surface area contributed by atoms with E-state index in [9.17, 15) is 18.0 Å². The Morgan fingerprint density at radius 2 is 1.71 bits per heavy atom. The summed E-state index contributed by atoms with van der Waals surface area (Å²) in [5.41, 5.74) is -0.862. The SMILES string of the molecule is CC1CN(c2ncc(C(F)(F)F)cn2)CC(C)N1C(=O)C1CNC1. The lowest BCUT2D eigenvalue weighted by Crippen LogP contribution is -2.63. The lowest BCUT2D eigenvalue weighted by molar-refractivity contribution is -0.142. The van der Waals surface area contributed by atoms with E-state index in [2.05, 4.69) is 15.3 Å². The molecule has 2 aliphatic heterocycles. The van der Waals surface area contributed by atoms with Crippen molar-refractivity contribution in [3.8, 4) is 0 Å². The second-order valence-corrected chi connectivity index (χ2v) is 6.47. The molecule has 2 fully saturated rings. The second kappa shape index (κ2) is 6.19. The van der Waals surface area contributed by atoms with Gasteiger partial charge in [-0.25, -0.2) is 9.97 Å². The molecule has 2 unspecified atom stereocenters. The van der Waals surface area contributed by atoms with Crippen LogP contribution in [-0.2, 0) is 11.0 Å². The highest BCUT2D eigenvalue weighted by molar-refractivity contribution is 5.81. The Balaban J connectivity index is 1.70. The normalized spacial score (nSPS) is 25.5. The standard InChI is InChI=1S/C15H20F3N5O/c1-9-7-22(14-20-5-12(6-21-14)15(16,17)18)8-10(2)23(9)13(24)11-3-19-4-11/h5-6,9-11,19H,3-4,7-8H2,1-2H3. The van der Waals surface area contributed by atoms with Crippen molar-refractivity contribution in [2.75, 3.05) is 31.1 Å². The van der Waals surface area contributed by atoms with Crippen molar-refractivity contribution >= 4 is 11.9 Å². The lowest BCUT2D eigenvalue weighted by Gasteiger charge is -2.46. The number of alkyl halides is 3. The maximum atomic E-state index is 12.6. The van der Waals surface area contributed by atoms with Gasteiger partial charge in [0.2, 0.25) is 11.9 Å². The first kappa shape index (κ1) is 16.9. The van der Waals surface area contributed by atoms with Gasteiger partial charge in [-0.15, -0.1) is 0 Å². The molecular formula is C15H20F3N5O. The molecule has 0 aromatic carbocycles. The van der Waals surface area contributed by atoms with Gasteiger partial charge in [-0.05, 0) is 13.8 Å². The van der Waals surface area contributed by atoms with Crippen LogP contribution in [0.5, 0.6) is 0 Å². The molecule has 24 heavy (non-hydrogen) atoms. The molecule has 0 bridgehead atoms. The van der Waals surface area contributed by atoms with Crippen LogP contribution >= 0.6 is 0 Å². The molecule has 2 aliphatic rings. The summed E-state index contributed by atoms with van der Waals surface area (Å²) in [4.78, 5) is 23.9. The number of carbonyl (C=O) groups is 1. The Morgan fingerprint density at radius 3 is 2.12 bits per heavy atom. The highest BCUT2D eigenvalue weighted by atomic mass is 19.4. The quantitative estimate of drug-likeness (QED) is 0.873. The van der Waals surface area contributed by atoms with Gasteiger partial charge in [0.15, 0.2) is 0 Å². The van der Waals surface area contributed by atoms with Gasteiger partial charge in [-0.3, -0.25) is 4.79 Å². The van der Waals surface area contributed by atoms with E-state index in [1.54, 1.807) is 0 Å². The fourth-order valence-electron chi connectivity index (χ4n) is 3.23. The van der Waals surface area contributed by atoms with E-state index in [1.165, 1.54) is 0 Å². The van der Waals surface area contributed by atoms with Gasteiger partial charge in [0.05, 0.1) is 11.5 Å². The Hall–Kier alpha value is -1.90. The lowest BCUT2D eigenvalue weighted by atomic mass is 9.98. The number of hydrogen-bond acceptors (Lipinski definition) is 5. The van der Waals surface area contributed by atoms with Gasteiger partial charge < -0.3 is 15.1 Å². The van der Waals surface area contributed by atoms with E-state index in [1.807, 2.05) is 23.6 Å². The van der Waals surface area contributed by atoms with Crippen molar-refractivity contribution in [3.63, 3.8) is 0 Å². The minimum absolute atomic E-state index is 0.0313. The van der Waals surface area contributed by atoms with E-state index in [0.29, 0.717) is 26.2 Å². The van der Waals surface area contributed by atoms with Gasteiger partial charge in [-0.1, -0.05) is 0 Å². The van der Waals surface area contributed by atoms with Gasteiger partial charge in [-0.2, -0.15) is 13.2 Å². The molecule has 3 heterocycles. The molecule has 0 spiro atoms. The summed E-state index contributed by atoms with van der Waals surface area (Å²) in [6.45, 7) is 6.30. The van der Waals surface area contributed by atoms with Crippen LogP contribution < -0.4 is 10.2 Å². The summed E-state index contributed by atoms with van der Waals surface area (Å²) in [6, 6.07) is -0.0968. The van der Waals surface area contributed by atoms with E-state index >= 15 is 0 Å². The van der Waals surface area contributed by atoms with Crippen molar-refractivity contribution in [1.29, 1.82) is 0 Å². The molecule has 1 amide bonds. The minimum Gasteiger partial charge on any atom is -0.337 e. The third-order valence-corrected chi connectivity index (χ3v) is 4.55. The van der Waals surface area contributed by atoms with E-state index in [-0.39, 0.29) is 29.9 Å². The Labute approximate surface area is 138 Å². The zero-order valence-corrected chi connectivity index (χ0v) is 13.5. The number of hydrogen-bond donors (Lipinski definition) is 1. The predicted octanol–water partition coefficient (Wildman–Crippen LogP) is 1.14. The van der Waals surface area contributed by atoms with Gasteiger partial charge in [0.1, 0.15) is 0 Å². The van der Waals surface area contributed by atoms with Crippen LogP contribution in [0.25, 0.3) is 0 Å². The number of piperazine rings is 1. The molecule has 1 aromatic rings. The first-order valence-corrected chi connectivity index (χ1v) is 7.94. The molecule has 2 atom stereocenters. The van der Waals surface area contributed by atoms with Crippen LogP contribution in [0.1, 0.15) is 19.4 Å². The third-order valence-electron chi connectivity index (χ3n) is 4.55. The average molecular weight is 343 g/mol. The fraction of sp³-hybridized carbons (Fsp3) is 0.667. The highest BCUT2D eigenvalue weighted by Crippen LogP contribution is 2.29. The van der Waals surface area contributed by atoms with Crippen LogP contribution in [0.15, 0.2) is 12.4 Å². The molecule has 2 saturated heterocycles. The summed E-state index contributed by atoms with van der Waals surface area (Å²) >= 11 is 0. The monoisotopic (exact) mass is 343 g/mol. The summed E-state index contributed by atoms with van der Waals surface area (Å²) in [6.07, 6.45) is -2.84. The molecule has 0 radical (unpaired) electrons. The maximum absolute atomic E-state index is 12.6. The molecule has 0 saturated carbocycles. The van der Waals surface area contributed by atoms with Gasteiger partial charge in [0.25, 0.3) is 0 Å². The molecule has 3 rings (SSSR count). The topological polar surface area (TPSA) is 61.4 Å². The number of amides is 1. The van der Waals surface area contributed by atoms with Crippen molar-refractivity contribution < 1.29 is 18.0 Å². The predicted molar refractivity (Wildman–Crippen MR) is 81.4 cm³/mol. The number of anilines is 1. The Bertz CT molecular complexity index is 590. The van der Waals surface area contributed by atoms with Crippen LogP contribution in [0.4, 0.5) is 19.1 Å². The highest BCUT2D eigenvalue weighted by Gasteiger charge is 2.39. The van der Waals surface area contributed by atoms with E-state index in [4.69, 9.17) is 0 Å². The summed E-state index contributed by atoms with van der Waals surface area (Å²) in [5, 5.41) is 3.09. The number of carbonyl (C=O) groups excluding carboxylic acids is 1. The maximum Gasteiger partial charge on any atom is 0.419 e. The number of nitrogens with one attached hydrogen (secondary N) is 1. The minimum atomic E-state index is -4.44. The van der Waals surface area contributed by atoms with Crippen LogP contribution in [-0.4, -0.2) is 59.0 Å². The summed E-state index contributed by atoms with van der Waals surface area (Å²) in [5.74, 6) is 0.435.